The van der Waals surface area contributed by atoms with Gasteiger partial charge in [-0.15, -0.1) is 0 Å². The second-order valence-corrected chi connectivity index (χ2v) is 21.2. The number of rotatable bonds is 9. The molecule has 78 heavy (non-hydrogen) atoms. The molecule has 3 aliphatic carbocycles. The summed E-state index contributed by atoms with van der Waals surface area (Å²) in [5.74, 6) is 0. The lowest BCUT2D eigenvalue weighted by atomic mass is 9.70. The van der Waals surface area contributed by atoms with Crippen LogP contribution >= 0.6 is 0 Å². The van der Waals surface area contributed by atoms with E-state index in [1.165, 1.54) is 22.3 Å². The Bertz CT molecular complexity index is 4560. The molecule has 0 radical (unpaired) electrons. The first kappa shape index (κ1) is 40.5. The SMILES string of the molecule is [2H]c1c([2H])c([2H])c(N(c2ccccc2)c2ccc3c(c2)C2(c4ccc(-c5ccccc5)cc4-3)c3ccc(-c4ccccc4)cc3-c3cc(-c4ccccc4)c(N(c4ccccc4)c4ccc5c(c4)C(C)(C)c4ccccc4-5)cc32)c([2H])c1[2H]. The van der Waals surface area contributed by atoms with Gasteiger partial charge in [-0.2, -0.15) is 0 Å². The normalized spacial score (nSPS) is 15.6. The van der Waals surface area contributed by atoms with Gasteiger partial charge in [-0.25, -0.2) is 0 Å². The lowest BCUT2D eigenvalue weighted by Crippen LogP contribution is -2.27. The van der Waals surface area contributed by atoms with E-state index in [0.717, 1.165) is 95.0 Å². The van der Waals surface area contributed by atoms with Crippen LogP contribution in [0.4, 0.5) is 34.1 Å². The number of hydrogen-bond donors (Lipinski definition) is 0. The van der Waals surface area contributed by atoms with Crippen LogP contribution in [0.3, 0.4) is 0 Å². The zero-order chi connectivity index (χ0) is 56.3. The summed E-state index contributed by atoms with van der Waals surface area (Å²) in [5.41, 5.74) is 23.8. The van der Waals surface area contributed by atoms with Crippen molar-refractivity contribution in [3.63, 3.8) is 0 Å². The second kappa shape index (κ2) is 17.9. The van der Waals surface area contributed by atoms with Gasteiger partial charge in [0.25, 0.3) is 0 Å². The topological polar surface area (TPSA) is 6.48 Å². The van der Waals surface area contributed by atoms with E-state index >= 15 is 0 Å². The second-order valence-electron chi connectivity index (χ2n) is 21.2. The van der Waals surface area contributed by atoms with Crippen LogP contribution in [0.5, 0.6) is 0 Å². The Hall–Kier alpha value is -9.76. The molecule has 2 nitrogen and oxygen atoms in total. The largest absolute Gasteiger partial charge is 0.310 e. The molecule has 2 heteroatoms. The molecule has 0 N–H and O–H groups in total. The molecule has 0 aliphatic heterocycles. The van der Waals surface area contributed by atoms with Crippen molar-refractivity contribution in [1.82, 2.24) is 0 Å². The molecule has 12 aromatic rings. The molecule has 0 saturated heterocycles. The zero-order valence-corrected chi connectivity index (χ0v) is 43.2. The van der Waals surface area contributed by atoms with Gasteiger partial charge >= 0.3 is 0 Å². The highest BCUT2D eigenvalue weighted by molar-refractivity contribution is 6.02. The molecule has 0 fully saturated rings. The third kappa shape index (κ3) is 6.96. The minimum absolute atomic E-state index is 0.0757. The molecule has 368 valence electrons. The van der Waals surface area contributed by atoms with Gasteiger partial charge in [-0.3, -0.25) is 0 Å². The first-order valence-electron chi connectivity index (χ1n) is 29.3. The Morgan fingerprint density at radius 2 is 0.718 bits per heavy atom. The summed E-state index contributed by atoms with van der Waals surface area (Å²) in [6, 6.07) is 91.7. The van der Waals surface area contributed by atoms with Gasteiger partial charge in [0.05, 0.1) is 18.0 Å². The van der Waals surface area contributed by atoms with E-state index in [1.54, 1.807) is 0 Å². The number of benzene rings is 12. The van der Waals surface area contributed by atoms with Crippen LogP contribution in [0.25, 0.3) is 66.8 Å². The van der Waals surface area contributed by atoms with Crippen molar-refractivity contribution in [3.05, 3.63) is 324 Å². The van der Waals surface area contributed by atoms with Gasteiger partial charge < -0.3 is 9.80 Å². The lowest BCUT2D eigenvalue weighted by molar-refractivity contribution is 0.660. The number of fused-ring (bicyclic) bond motifs is 13. The average Bonchev–Trinajstić information content (AvgIpc) is 1.93. The first-order valence-corrected chi connectivity index (χ1v) is 26.8. The zero-order valence-electron chi connectivity index (χ0n) is 48.2. The van der Waals surface area contributed by atoms with E-state index in [4.69, 9.17) is 4.11 Å². The van der Waals surface area contributed by atoms with Crippen LogP contribution in [0, 0.1) is 0 Å². The summed E-state index contributed by atoms with van der Waals surface area (Å²) in [5, 5.41) is 0. The predicted molar refractivity (Wildman–Crippen MR) is 326 cm³/mol. The van der Waals surface area contributed by atoms with Gasteiger partial charge in [0.1, 0.15) is 0 Å². The Labute approximate surface area is 464 Å². The van der Waals surface area contributed by atoms with Crippen molar-refractivity contribution in [2.45, 2.75) is 24.7 Å². The smallest absolute Gasteiger partial charge is 0.0727 e. The van der Waals surface area contributed by atoms with E-state index in [2.05, 4.69) is 249 Å². The first-order chi connectivity index (χ1) is 40.5. The fourth-order valence-corrected chi connectivity index (χ4v) is 13.2. The molecule has 12 aromatic carbocycles. The molecule has 1 spiro atoms. The molecular formula is C76H54N2. The van der Waals surface area contributed by atoms with Gasteiger partial charge in [0, 0.05) is 39.4 Å². The summed E-state index contributed by atoms with van der Waals surface area (Å²) in [6.07, 6.45) is 0. The summed E-state index contributed by atoms with van der Waals surface area (Å²) in [7, 11) is 0. The molecule has 0 bridgehead atoms. The quantitative estimate of drug-likeness (QED) is 0.142. The Morgan fingerprint density at radius 1 is 0.269 bits per heavy atom. The fraction of sp³-hybridized carbons (Fsp3) is 0.0526. The monoisotopic (exact) mass is 999 g/mol. The molecule has 0 aromatic heterocycles. The van der Waals surface area contributed by atoms with Crippen LogP contribution in [0.15, 0.2) is 291 Å². The molecule has 15 rings (SSSR count). The highest BCUT2D eigenvalue weighted by Gasteiger charge is 2.53. The van der Waals surface area contributed by atoms with Crippen molar-refractivity contribution >= 4 is 34.1 Å². The van der Waals surface area contributed by atoms with Crippen LogP contribution in [-0.2, 0) is 10.8 Å². The van der Waals surface area contributed by atoms with Crippen molar-refractivity contribution in [2.24, 2.45) is 0 Å². The van der Waals surface area contributed by atoms with Crippen LogP contribution in [-0.4, -0.2) is 0 Å². The van der Waals surface area contributed by atoms with Crippen LogP contribution < -0.4 is 9.80 Å². The van der Waals surface area contributed by atoms with E-state index in [1.807, 2.05) is 35.2 Å². The summed E-state index contributed by atoms with van der Waals surface area (Å²) in [4.78, 5) is 4.30. The highest BCUT2D eigenvalue weighted by atomic mass is 15.1. The minimum Gasteiger partial charge on any atom is -0.310 e. The van der Waals surface area contributed by atoms with Crippen LogP contribution in [0.2, 0.25) is 0 Å². The third-order valence-corrected chi connectivity index (χ3v) is 16.7. The van der Waals surface area contributed by atoms with Crippen molar-refractivity contribution in [1.29, 1.82) is 0 Å². The Morgan fingerprint density at radius 3 is 1.32 bits per heavy atom. The van der Waals surface area contributed by atoms with E-state index in [9.17, 15) is 2.74 Å². The third-order valence-electron chi connectivity index (χ3n) is 16.7. The molecular weight excluding hydrogens is 941 g/mol. The number of hydrogen-bond acceptors (Lipinski definition) is 2. The number of para-hydroxylation sites is 3. The number of nitrogens with zero attached hydrogens (tertiary/aromatic N) is 2. The summed E-state index contributed by atoms with van der Waals surface area (Å²) < 4.78 is 45.4. The maximum absolute atomic E-state index is 9.45. The van der Waals surface area contributed by atoms with Gasteiger partial charge in [-0.1, -0.05) is 220 Å². The highest BCUT2D eigenvalue weighted by Crippen LogP contribution is 2.66. The summed E-state index contributed by atoms with van der Waals surface area (Å²) >= 11 is 0. The minimum atomic E-state index is -0.939. The van der Waals surface area contributed by atoms with Gasteiger partial charge in [0.15, 0.2) is 0 Å². The Balaban J connectivity index is 1.07. The molecule has 0 saturated carbocycles. The van der Waals surface area contributed by atoms with E-state index < -0.39 is 23.5 Å². The molecule has 0 amide bonds. The lowest BCUT2D eigenvalue weighted by Gasteiger charge is -2.34. The molecule has 1 atom stereocenters. The van der Waals surface area contributed by atoms with Crippen molar-refractivity contribution in [3.8, 4) is 66.8 Å². The standard InChI is InChI=1S/C76H54N2/c1-75(2)68-36-22-21-35-61(68)62-41-40-60(47-71(62)75)78(58-33-19-8-20-34-58)74-50-73-67(49-64(74)53-27-13-5-14-28-53)66-46-55(52-25-11-4-12-26-52)38-44-70(66)76(73)69-43-37-54(51-23-9-3-10-24-51)45-65(69)63-42-39-59(48-72(63)76)77(56-29-15-6-16-30-56)57-31-17-7-18-32-57/h3-50H,1-2H3/i6D,15D,16D,29D,30D. The average molecular weight is 1000 g/mol. The summed E-state index contributed by atoms with van der Waals surface area (Å²) in [6.45, 7) is 4.68. The molecule has 3 aliphatic rings. The number of anilines is 6. The fourth-order valence-electron chi connectivity index (χ4n) is 13.2. The Kier molecular flexibility index (Phi) is 9.32. The molecule has 0 heterocycles. The van der Waals surface area contributed by atoms with Gasteiger partial charge in [0.2, 0.25) is 0 Å². The van der Waals surface area contributed by atoms with Gasteiger partial charge in [-0.05, 0) is 179 Å². The van der Waals surface area contributed by atoms with Crippen molar-refractivity contribution < 1.29 is 6.85 Å². The van der Waals surface area contributed by atoms with Crippen LogP contribution in [0.1, 0.15) is 54.1 Å². The van der Waals surface area contributed by atoms with Crippen molar-refractivity contribution in [2.75, 3.05) is 9.80 Å². The predicted octanol–water partition coefficient (Wildman–Crippen LogP) is 20.3. The molecule has 1 unspecified atom stereocenters. The van der Waals surface area contributed by atoms with E-state index in [0.29, 0.717) is 11.4 Å². The maximum atomic E-state index is 9.45. The van der Waals surface area contributed by atoms with E-state index in [-0.39, 0.29) is 23.2 Å². The maximum Gasteiger partial charge on any atom is 0.0727 e.